The van der Waals surface area contributed by atoms with Gasteiger partial charge in [0.2, 0.25) is 0 Å². The first-order valence-corrected chi connectivity index (χ1v) is 13.3. The number of pyridine rings is 1. The Bertz CT molecular complexity index is 1560. The van der Waals surface area contributed by atoms with Crippen molar-refractivity contribution in [2.24, 2.45) is 5.41 Å². The molecule has 7 nitrogen and oxygen atoms in total. The average Bonchev–Trinajstić information content (AvgIpc) is 3.18. The topological polar surface area (TPSA) is 92.5 Å². The van der Waals surface area contributed by atoms with Crippen LogP contribution in [-0.2, 0) is 14.8 Å². The monoisotopic (exact) mass is 545 g/mol. The molecule has 10 heteroatoms. The number of aliphatic carboxylic acids is 1. The largest absolute Gasteiger partial charge is 0.480 e. The van der Waals surface area contributed by atoms with E-state index in [9.17, 15) is 18.3 Å². The highest BCUT2D eigenvalue weighted by Crippen LogP contribution is 2.37. The van der Waals surface area contributed by atoms with Gasteiger partial charge in [-0.3, -0.25) is 4.31 Å². The average molecular weight is 546 g/mol. The molecule has 0 aliphatic heterocycles. The van der Waals surface area contributed by atoms with Gasteiger partial charge >= 0.3 is 5.97 Å². The molecule has 0 saturated heterocycles. The van der Waals surface area contributed by atoms with Gasteiger partial charge in [-0.05, 0) is 72.5 Å². The summed E-state index contributed by atoms with van der Waals surface area (Å²) in [5.41, 5.74) is 1.09. The molecule has 0 aliphatic rings. The Morgan fingerprint density at radius 1 is 1.03 bits per heavy atom. The third-order valence-corrected chi connectivity index (χ3v) is 7.97. The van der Waals surface area contributed by atoms with E-state index in [4.69, 9.17) is 23.2 Å². The number of carbonyl (C=O) groups is 1. The van der Waals surface area contributed by atoms with E-state index < -0.39 is 27.4 Å². The molecule has 1 atom stereocenters. The van der Waals surface area contributed by atoms with Crippen molar-refractivity contribution in [3.8, 4) is 5.82 Å². The van der Waals surface area contributed by atoms with E-state index in [0.717, 1.165) is 20.8 Å². The van der Waals surface area contributed by atoms with Crippen LogP contribution in [0.5, 0.6) is 0 Å². The van der Waals surface area contributed by atoms with Crippen LogP contribution in [0, 0.1) is 12.3 Å². The number of halogens is 2. The van der Waals surface area contributed by atoms with Crippen molar-refractivity contribution in [2.45, 2.75) is 38.6 Å². The molecule has 0 radical (unpaired) electrons. The number of hydrogen-bond donors (Lipinski definition) is 1. The molecule has 2 aromatic heterocycles. The van der Waals surface area contributed by atoms with E-state index in [1.807, 2.05) is 35.9 Å². The number of anilines is 1. The minimum Gasteiger partial charge on any atom is -0.480 e. The van der Waals surface area contributed by atoms with E-state index >= 15 is 0 Å². The van der Waals surface area contributed by atoms with Gasteiger partial charge in [-0.2, -0.15) is 0 Å². The molecule has 1 N–H and O–H groups in total. The molecule has 0 spiro atoms. The van der Waals surface area contributed by atoms with Crippen LogP contribution >= 0.6 is 23.2 Å². The molecule has 4 rings (SSSR count). The van der Waals surface area contributed by atoms with Gasteiger partial charge in [0.05, 0.1) is 16.1 Å². The molecule has 0 fully saturated rings. The molecule has 0 bridgehead atoms. The number of benzene rings is 2. The maximum absolute atomic E-state index is 14.0. The fourth-order valence-electron chi connectivity index (χ4n) is 4.16. The number of sulfonamides is 1. The van der Waals surface area contributed by atoms with Crippen molar-refractivity contribution in [3.05, 3.63) is 82.6 Å². The van der Waals surface area contributed by atoms with Crippen LogP contribution in [0.1, 0.15) is 26.3 Å². The number of carboxylic acids is 1. The van der Waals surface area contributed by atoms with Crippen molar-refractivity contribution in [1.82, 2.24) is 9.55 Å². The Morgan fingerprint density at radius 3 is 2.28 bits per heavy atom. The van der Waals surface area contributed by atoms with Crippen LogP contribution in [0.3, 0.4) is 0 Å². The van der Waals surface area contributed by atoms with E-state index in [2.05, 4.69) is 4.98 Å². The van der Waals surface area contributed by atoms with Gasteiger partial charge in [0.15, 0.2) is 0 Å². The summed E-state index contributed by atoms with van der Waals surface area (Å²) in [5.74, 6) is -0.560. The van der Waals surface area contributed by atoms with E-state index in [-0.39, 0.29) is 20.6 Å². The maximum atomic E-state index is 14.0. The van der Waals surface area contributed by atoms with Gasteiger partial charge in [0.1, 0.15) is 11.9 Å². The van der Waals surface area contributed by atoms with Crippen molar-refractivity contribution < 1.29 is 18.3 Å². The van der Waals surface area contributed by atoms with Crippen LogP contribution in [0.15, 0.2) is 71.9 Å². The van der Waals surface area contributed by atoms with Crippen molar-refractivity contribution >= 4 is 55.8 Å². The molecule has 188 valence electrons. The van der Waals surface area contributed by atoms with E-state index in [0.29, 0.717) is 5.82 Å². The van der Waals surface area contributed by atoms with Crippen LogP contribution in [0.4, 0.5) is 5.69 Å². The van der Waals surface area contributed by atoms with Gasteiger partial charge in [-0.25, -0.2) is 18.2 Å². The third-order valence-electron chi connectivity index (χ3n) is 5.76. The molecule has 1 unspecified atom stereocenters. The van der Waals surface area contributed by atoms with Gasteiger partial charge in [-0.15, -0.1) is 0 Å². The molecule has 0 amide bonds. The summed E-state index contributed by atoms with van der Waals surface area (Å²) < 4.78 is 30.8. The fourth-order valence-corrected chi connectivity index (χ4v) is 6.67. The number of aryl methyl sites for hydroxylation is 1. The summed E-state index contributed by atoms with van der Waals surface area (Å²) in [5, 5.41) is 11.2. The second-order valence-corrected chi connectivity index (χ2v) is 12.3. The highest BCUT2D eigenvalue weighted by atomic mass is 35.5. The van der Waals surface area contributed by atoms with Crippen LogP contribution in [0.2, 0.25) is 10.0 Å². The first kappa shape index (κ1) is 26.0. The maximum Gasteiger partial charge on any atom is 0.328 e. The second-order valence-electron chi connectivity index (χ2n) is 9.63. The minimum atomic E-state index is -4.38. The Labute approximate surface area is 220 Å². The van der Waals surface area contributed by atoms with Crippen molar-refractivity contribution in [2.75, 3.05) is 4.31 Å². The summed E-state index contributed by atoms with van der Waals surface area (Å²) in [6.45, 7) is 7.01. The molecular formula is C26H25Cl2N3O4S. The van der Waals surface area contributed by atoms with Crippen LogP contribution < -0.4 is 4.31 Å². The van der Waals surface area contributed by atoms with Gasteiger partial charge in [0.25, 0.3) is 10.0 Å². The third kappa shape index (κ3) is 4.93. The fraction of sp³-hybridized carbons (Fsp3) is 0.231. The lowest BCUT2D eigenvalue weighted by Crippen LogP contribution is -2.52. The standard InChI is InChI=1S/C26H25Cl2N3O4S/c1-16-7-9-29-23(11-16)30-10-8-17-12-20(5-6-22(17)30)31(24(25(32)33)26(2,3)4)36(34,35)21-14-18(27)13-19(28)15-21/h5-15,24H,1-4H3,(H,32,33). The van der Waals surface area contributed by atoms with Crippen molar-refractivity contribution in [3.63, 3.8) is 0 Å². The number of nitrogens with zero attached hydrogens (tertiary/aromatic N) is 3. The molecule has 2 heterocycles. The number of rotatable bonds is 6. The lowest BCUT2D eigenvalue weighted by molar-refractivity contribution is -0.140. The van der Waals surface area contributed by atoms with Gasteiger partial charge < -0.3 is 9.67 Å². The zero-order chi connectivity index (χ0) is 26.4. The van der Waals surface area contributed by atoms with Crippen LogP contribution in [0.25, 0.3) is 16.7 Å². The lowest BCUT2D eigenvalue weighted by Gasteiger charge is -2.37. The summed E-state index contributed by atoms with van der Waals surface area (Å²) in [6, 6.07) is 13.2. The summed E-state index contributed by atoms with van der Waals surface area (Å²) in [7, 11) is -4.38. The first-order valence-electron chi connectivity index (χ1n) is 11.1. The Morgan fingerprint density at radius 2 is 1.69 bits per heavy atom. The van der Waals surface area contributed by atoms with Gasteiger partial charge in [-0.1, -0.05) is 44.0 Å². The predicted octanol–water partition coefficient (Wildman–Crippen LogP) is 6.34. The predicted molar refractivity (Wildman–Crippen MR) is 143 cm³/mol. The second kappa shape index (κ2) is 9.42. The highest BCUT2D eigenvalue weighted by molar-refractivity contribution is 7.93. The quantitative estimate of drug-likeness (QED) is 0.305. The molecule has 4 aromatic rings. The molecular weight excluding hydrogens is 521 g/mol. The van der Waals surface area contributed by atoms with Crippen molar-refractivity contribution in [1.29, 1.82) is 0 Å². The van der Waals surface area contributed by atoms with Crippen LogP contribution in [-0.4, -0.2) is 35.1 Å². The minimum absolute atomic E-state index is 0.127. The first-order chi connectivity index (χ1) is 16.8. The molecule has 36 heavy (non-hydrogen) atoms. The number of hydrogen-bond acceptors (Lipinski definition) is 4. The zero-order valence-corrected chi connectivity index (χ0v) is 22.4. The Kier molecular flexibility index (Phi) is 6.81. The molecule has 0 saturated carbocycles. The van der Waals surface area contributed by atoms with E-state index in [1.165, 1.54) is 18.2 Å². The lowest BCUT2D eigenvalue weighted by atomic mass is 9.86. The smallest absolute Gasteiger partial charge is 0.328 e. The highest BCUT2D eigenvalue weighted by Gasteiger charge is 2.43. The zero-order valence-electron chi connectivity index (χ0n) is 20.1. The Balaban J connectivity index is 1.94. The normalized spacial score (nSPS) is 13.1. The summed E-state index contributed by atoms with van der Waals surface area (Å²) in [6.07, 6.45) is 3.56. The molecule has 0 aliphatic carbocycles. The SMILES string of the molecule is Cc1ccnc(-n2ccc3cc(N(C(C(=O)O)C(C)(C)C)S(=O)(=O)c4cc(Cl)cc(Cl)c4)ccc32)c1. The number of carboxylic acid groups (broad SMARTS) is 1. The molecule has 2 aromatic carbocycles. The number of fused-ring (bicyclic) bond motifs is 1. The summed E-state index contributed by atoms with van der Waals surface area (Å²) >= 11 is 12.2. The van der Waals surface area contributed by atoms with Gasteiger partial charge in [0, 0.05) is 27.8 Å². The summed E-state index contributed by atoms with van der Waals surface area (Å²) in [4.78, 5) is 16.7. The number of aromatic nitrogens is 2. The van der Waals surface area contributed by atoms with E-state index in [1.54, 1.807) is 45.2 Å². The Hall–Kier alpha value is -3.07.